The van der Waals surface area contributed by atoms with Gasteiger partial charge >= 0.3 is 0 Å². The molecule has 1 amide bonds. The lowest BCUT2D eigenvalue weighted by atomic mass is 9.99. The van der Waals surface area contributed by atoms with Crippen LogP contribution in [0, 0.1) is 13.8 Å². The highest BCUT2D eigenvalue weighted by molar-refractivity contribution is 6.10. The van der Waals surface area contributed by atoms with Gasteiger partial charge in [-0.2, -0.15) is 0 Å². The number of aryl methyl sites for hydroxylation is 2. The highest BCUT2D eigenvalue weighted by Gasteiger charge is 2.11. The summed E-state index contributed by atoms with van der Waals surface area (Å²) < 4.78 is 0. The van der Waals surface area contributed by atoms with Gasteiger partial charge in [-0.15, -0.1) is 0 Å². The van der Waals surface area contributed by atoms with Crippen LogP contribution in [0.25, 0.3) is 0 Å². The molecule has 160 valence electrons. The Labute approximate surface area is 184 Å². The Morgan fingerprint density at radius 2 is 1.65 bits per heavy atom. The number of pyridine rings is 1. The van der Waals surface area contributed by atoms with Gasteiger partial charge < -0.3 is 5.32 Å². The number of hydrogen-bond donors (Lipinski definition) is 2. The molecular weight excluding hydrogens is 384 g/mol. The molecule has 3 aromatic rings. The summed E-state index contributed by atoms with van der Waals surface area (Å²) in [5.74, 6) is 0.736. The zero-order valence-corrected chi connectivity index (χ0v) is 18.6. The van der Waals surface area contributed by atoms with Gasteiger partial charge in [-0.1, -0.05) is 43.2 Å². The zero-order valence-electron chi connectivity index (χ0n) is 18.6. The molecule has 0 spiro atoms. The minimum Gasteiger partial charge on any atom is -0.326 e. The van der Waals surface area contributed by atoms with E-state index in [4.69, 9.17) is 0 Å². The van der Waals surface area contributed by atoms with E-state index in [9.17, 15) is 4.79 Å². The van der Waals surface area contributed by atoms with Crippen LogP contribution in [0.1, 0.15) is 58.8 Å². The Morgan fingerprint density at radius 1 is 1.00 bits per heavy atom. The van der Waals surface area contributed by atoms with Crippen LogP contribution in [0.15, 0.2) is 72.0 Å². The molecule has 31 heavy (non-hydrogen) atoms. The van der Waals surface area contributed by atoms with Crippen LogP contribution in [0.2, 0.25) is 0 Å². The quantitative estimate of drug-likeness (QED) is 0.407. The van der Waals surface area contributed by atoms with E-state index in [1.807, 2.05) is 56.3 Å². The average Bonchev–Trinajstić information content (AvgIpc) is 2.77. The van der Waals surface area contributed by atoms with E-state index in [2.05, 4.69) is 46.6 Å². The van der Waals surface area contributed by atoms with Crippen molar-refractivity contribution < 1.29 is 4.79 Å². The largest absolute Gasteiger partial charge is 0.326 e. The molecule has 1 atom stereocenters. The van der Waals surface area contributed by atoms with E-state index in [0.717, 1.165) is 28.8 Å². The minimum absolute atomic E-state index is 0.191. The van der Waals surface area contributed by atoms with Gasteiger partial charge in [-0.25, -0.2) is 4.99 Å². The number of rotatable bonds is 6. The SMILES string of the molecule is CCC(C)c1ccc(NC(=NCc2ccncc2)NC(=O)c2cc(C)cc(C)c2)cc1. The molecule has 0 saturated heterocycles. The second-order valence-electron chi connectivity index (χ2n) is 7.91. The molecule has 3 rings (SSSR count). The molecule has 1 aromatic heterocycles. The number of aliphatic imine (C=N–C) groups is 1. The lowest BCUT2D eigenvalue weighted by Gasteiger charge is -2.14. The van der Waals surface area contributed by atoms with Crippen molar-refractivity contribution in [2.24, 2.45) is 4.99 Å². The Hall–Kier alpha value is -3.47. The molecule has 0 radical (unpaired) electrons. The number of anilines is 1. The maximum atomic E-state index is 12.9. The maximum Gasteiger partial charge on any atom is 0.257 e. The average molecular weight is 415 g/mol. The summed E-state index contributed by atoms with van der Waals surface area (Å²) >= 11 is 0. The van der Waals surface area contributed by atoms with Crippen LogP contribution in [0.5, 0.6) is 0 Å². The fraction of sp³-hybridized carbons (Fsp3) is 0.269. The number of carbonyl (C=O) groups is 1. The van der Waals surface area contributed by atoms with E-state index < -0.39 is 0 Å². The summed E-state index contributed by atoms with van der Waals surface area (Å²) in [4.78, 5) is 21.6. The maximum absolute atomic E-state index is 12.9. The lowest BCUT2D eigenvalue weighted by Crippen LogP contribution is -2.36. The Morgan fingerprint density at radius 3 is 2.26 bits per heavy atom. The molecular formula is C26H30N4O. The molecule has 0 aliphatic carbocycles. The van der Waals surface area contributed by atoms with Crippen molar-refractivity contribution in [3.05, 3.63) is 94.8 Å². The van der Waals surface area contributed by atoms with Gasteiger partial charge in [0.15, 0.2) is 0 Å². The first-order valence-corrected chi connectivity index (χ1v) is 10.6. The van der Waals surface area contributed by atoms with Crippen molar-refractivity contribution in [1.29, 1.82) is 0 Å². The van der Waals surface area contributed by atoms with Gasteiger partial charge in [-0.3, -0.25) is 15.1 Å². The molecule has 0 aliphatic rings. The number of aromatic nitrogens is 1. The van der Waals surface area contributed by atoms with Crippen molar-refractivity contribution in [2.45, 2.75) is 46.6 Å². The third-order valence-corrected chi connectivity index (χ3v) is 5.24. The third kappa shape index (κ3) is 6.51. The molecule has 0 bridgehead atoms. The van der Waals surface area contributed by atoms with Crippen LogP contribution in [-0.4, -0.2) is 16.9 Å². The summed E-state index contributed by atoms with van der Waals surface area (Å²) in [5.41, 5.74) is 5.90. The van der Waals surface area contributed by atoms with Crippen molar-refractivity contribution in [1.82, 2.24) is 10.3 Å². The summed E-state index contributed by atoms with van der Waals surface area (Å²) in [7, 11) is 0. The summed E-state index contributed by atoms with van der Waals surface area (Å²) in [5, 5.41) is 6.21. The van der Waals surface area contributed by atoms with Crippen LogP contribution in [-0.2, 0) is 6.54 Å². The zero-order chi connectivity index (χ0) is 22.2. The summed E-state index contributed by atoms with van der Waals surface area (Å²) in [6, 6.07) is 17.9. The van der Waals surface area contributed by atoms with Gasteiger partial charge in [0.05, 0.1) is 6.54 Å². The van der Waals surface area contributed by atoms with Gasteiger partial charge in [-0.05, 0) is 73.7 Å². The number of hydrogen-bond acceptors (Lipinski definition) is 3. The first-order valence-electron chi connectivity index (χ1n) is 10.6. The van der Waals surface area contributed by atoms with E-state index in [-0.39, 0.29) is 5.91 Å². The van der Waals surface area contributed by atoms with Crippen molar-refractivity contribution in [3.8, 4) is 0 Å². The van der Waals surface area contributed by atoms with Crippen molar-refractivity contribution in [2.75, 3.05) is 5.32 Å². The Balaban J connectivity index is 1.81. The number of nitrogens with zero attached hydrogens (tertiary/aromatic N) is 2. The first-order chi connectivity index (χ1) is 14.9. The fourth-order valence-electron chi connectivity index (χ4n) is 3.32. The standard InChI is InChI=1S/C26H30N4O/c1-5-20(4)22-6-8-24(9-7-22)29-26(28-17-21-10-12-27-13-11-21)30-25(31)23-15-18(2)14-19(3)16-23/h6-16,20H,5,17H2,1-4H3,(H2,28,29,30,31). The molecule has 5 nitrogen and oxygen atoms in total. The van der Waals surface area contributed by atoms with Crippen molar-refractivity contribution in [3.63, 3.8) is 0 Å². The Kier molecular flexibility index (Phi) is 7.55. The number of benzene rings is 2. The predicted octanol–water partition coefficient (Wildman–Crippen LogP) is 5.61. The van der Waals surface area contributed by atoms with E-state index in [1.165, 1.54) is 5.56 Å². The number of nitrogens with one attached hydrogen (secondary N) is 2. The molecule has 1 unspecified atom stereocenters. The van der Waals surface area contributed by atoms with E-state index >= 15 is 0 Å². The fourth-order valence-corrected chi connectivity index (χ4v) is 3.32. The van der Waals surface area contributed by atoms with Gasteiger partial charge in [0.2, 0.25) is 5.96 Å². The van der Waals surface area contributed by atoms with Crippen LogP contribution < -0.4 is 10.6 Å². The van der Waals surface area contributed by atoms with Crippen LogP contribution in [0.3, 0.4) is 0 Å². The molecule has 0 aliphatic heterocycles. The second-order valence-corrected chi connectivity index (χ2v) is 7.91. The van der Waals surface area contributed by atoms with Crippen LogP contribution in [0.4, 0.5) is 5.69 Å². The number of carbonyl (C=O) groups excluding carboxylic acids is 1. The monoisotopic (exact) mass is 414 g/mol. The Bertz CT molecular complexity index is 1020. The minimum atomic E-state index is -0.191. The number of guanidine groups is 1. The van der Waals surface area contributed by atoms with Gasteiger partial charge in [0, 0.05) is 23.6 Å². The third-order valence-electron chi connectivity index (χ3n) is 5.24. The second kappa shape index (κ2) is 10.5. The van der Waals surface area contributed by atoms with E-state index in [0.29, 0.717) is 24.0 Å². The highest BCUT2D eigenvalue weighted by atomic mass is 16.1. The number of amides is 1. The molecule has 0 saturated carbocycles. The van der Waals surface area contributed by atoms with Crippen LogP contribution >= 0.6 is 0 Å². The molecule has 5 heteroatoms. The topological polar surface area (TPSA) is 66.4 Å². The van der Waals surface area contributed by atoms with Crippen molar-refractivity contribution >= 4 is 17.6 Å². The smallest absolute Gasteiger partial charge is 0.257 e. The summed E-state index contributed by atoms with van der Waals surface area (Å²) in [6.07, 6.45) is 4.57. The summed E-state index contributed by atoms with van der Waals surface area (Å²) in [6.45, 7) is 8.80. The van der Waals surface area contributed by atoms with Gasteiger partial charge in [0.25, 0.3) is 5.91 Å². The lowest BCUT2D eigenvalue weighted by molar-refractivity contribution is 0.0976. The molecule has 0 fully saturated rings. The highest BCUT2D eigenvalue weighted by Crippen LogP contribution is 2.20. The van der Waals surface area contributed by atoms with Gasteiger partial charge in [0.1, 0.15) is 0 Å². The first kappa shape index (κ1) is 22.2. The normalized spacial score (nSPS) is 12.3. The predicted molar refractivity (Wildman–Crippen MR) is 128 cm³/mol. The molecule has 1 heterocycles. The molecule has 2 N–H and O–H groups in total. The molecule has 2 aromatic carbocycles. The van der Waals surface area contributed by atoms with E-state index in [1.54, 1.807) is 12.4 Å².